The Morgan fingerprint density at radius 2 is 1.95 bits per heavy atom. The summed E-state index contributed by atoms with van der Waals surface area (Å²) in [6.07, 6.45) is 3.08. The first-order chi connectivity index (χ1) is 10.1. The number of rotatable bonds is 3. The number of amides is 1. The summed E-state index contributed by atoms with van der Waals surface area (Å²) < 4.78 is 13.0. The quantitative estimate of drug-likeness (QED) is 0.854. The lowest BCUT2D eigenvalue weighted by molar-refractivity contribution is -0.146. The van der Waals surface area contributed by atoms with Gasteiger partial charge in [0.15, 0.2) is 0 Å². The molecule has 2 saturated heterocycles. The van der Waals surface area contributed by atoms with Gasteiger partial charge in [0.1, 0.15) is 5.82 Å². The van der Waals surface area contributed by atoms with Crippen LogP contribution in [0.25, 0.3) is 0 Å². The summed E-state index contributed by atoms with van der Waals surface area (Å²) in [5.74, 6) is 0.0728. The van der Waals surface area contributed by atoms with Crippen molar-refractivity contribution in [2.75, 3.05) is 26.2 Å². The first kappa shape index (κ1) is 14.5. The van der Waals surface area contributed by atoms with Crippen molar-refractivity contribution in [2.45, 2.75) is 32.7 Å². The van der Waals surface area contributed by atoms with Crippen molar-refractivity contribution in [1.29, 1.82) is 0 Å². The lowest BCUT2D eigenvalue weighted by Crippen LogP contribution is -2.49. The van der Waals surface area contributed by atoms with E-state index in [1.165, 1.54) is 12.1 Å². The lowest BCUT2D eigenvalue weighted by atomic mass is 9.78. The van der Waals surface area contributed by atoms with Crippen LogP contribution in [0.3, 0.4) is 0 Å². The third-order valence-electron chi connectivity index (χ3n) is 4.99. The van der Waals surface area contributed by atoms with Crippen LogP contribution in [0.15, 0.2) is 24.3 Å². The molecule has 2 aliphatic heterocycles. The number of hydrogen-bond acceptors (Lipinski definition) is 2. The van der Waals surface area contributed by atoms with Crippen LogP contribution in [0.5, 0.6) is 0 Å². The summed E-state index contributed by atoms with van der Waals surface area (Å²) in [5, 5.41) is 0. The molecule has 0 saturated carbocycles. The second kappa shape index (κ2) is 5.76. The van der Waals surface area contributed by atoms with E-state index in [0.29, 0.717) is 12.5 Å². The molecule has 3 nitrogen and oxygen atoms in total. The Balaban J connectivity index is 1.72. The fourth-order valence-corrected chi connectivity index (χ4v) is 3.72. The molecule has 2 fully saturated rings. The van der Waals surface area contributed by atoms with Crippen molar-refractivity contribution >= 4 is 5.91 Å². The smallest absolute Gasteiger partial charge is 0.230 e. The van der Waals surface area contributed by atoms with Gasteiger partial charge in [-0.05, 0) is 50.0 Å². The molecule has 1 spiro atoms. The zero-order valence-corrected chi connectivity index (χ0v) is 12.6. The van der Waals surface area contributed by atoms with Gasteiger partial charge in [0.25, 0.3) is 0 Å². The lowest BCUT2D eigenvalue weighted by Gasteiger charge is -2.39. The molecule has 21 heavy (non-hydrogen) atoms. The maximum absolute atomic E-state index is 13.0. The molecular formula is C17H23FN2O. The van der Waals surface area contributed by atoms with Crippen LogP contribution in [-0.4, -0.2) is 41.9 Å². The van der Waals surface area contributed by atoms with Gasteiger partial charge < -0.3 is 9.80 Å². The highest BCUT2D eigenvalue weighted by molar-refractivity contribution is 5.84. The van der Waals surface area contributed by atoms with Crippen molar-refractivity contribution in [3.05, 3.63) is 35.6 Å². The fourth-order valence-electron chi connectivity index (χ4n) is 3.72. The van der Waals surface area contributed by atoms with E-state index in [1.807, 2.05) is 4.90 Å². The Bertz CT molecular complexity index is 516. The Kier molecular flexibility index (Phi) is 3.98. The second-order valence-electron chi connectivity index (χ2n) is 6.36. The third kappa shape index (κ3) is 2.82. The summed E-state index contributed by atoms with van der Waals surface area (Å²) >= 11 is 0. The Hall–Kier alpha value is -1.42. The maximum atomic E-state index is 13.0. The van der Waals surface area contributed by atoms with Gasteiger partial charge in [0.05, 0.1) is 5.41 Å². The second-order valence-corrected chi connectivity index (χ2v) is 6.36. The molecule has 1 atom stereocenters. The number of piperidine rings is 1. The van der Waals surface area contributed by atoms with Crippen molar-refractivity contribution in [1.82, 2.24) is 9.80 Å². The van der Waals surface area contributed by atoms with Gasteiger partial charge in [-0.3, -0.25) is 4.79 Å². The van der Waals surface area contributed by atoms with E-state index in [9.17, 15) is 9.18 Å². The van der Waals surface area contributed by atoms with Gasteiger partial charge in [-0.1, -0.05) is 19.1 Å². The molecule has 1 aromatic rings. The van der Waals surface area contributed by atoms with Crippen LogP contribution >= 0.6 is 0 Å². The Morgan fingerprint density at radius 3 is 2.62 bits per heavy atom. The minimum Gasteiger partial charge on any atom is -0.338 e. The first-order valence-corrected chi connectivity index (χ1v) is 7.89. The van der Waals surface area contributed by atoms with Crippen LogP contribution in [0.1, 0.15) is 31.7 Å². The molecule has 2 aliphatic rings. The highest BCUT2D eigenvalue weighted by Crippen LogP contribution is 2.40. The molecule has 1 aromatic carbocycles. The van der Waals surface area contributed by atoms with E-state index in [4.69, 9.17) is 0 Å². The van der Waals surface area contributed by atoms with E-state index in [2.05, 4.69) is 11.8 Å². The highest BCUT2D eigenvalue weighted by atomic mass is 19.1. The minimum atomic E-state index is -0.227. The van der Waals surface area contributed by atoms with E-state index in [0.717, 1.165) is 51.0 Å². The first-order valence-electron chi connectivity index (χ1n) is 7.89. The summed E-state index contributed by atoms with van der Waals surface area (Å²) in [7, 11) is 0. The summed E-state index contributed by atoms with van der Waals surface area (Å²) in [6, 6.07) is 6.48. The average molecular weight is 290 g/mol. The summed E-state index contributed by atoms with van der Waals surface area (Å²) in [4.78, 5) is 17.2. The van der Waals surface area contributed by atoms with Crippen molar-refractivity contribution < 1.29 is 9.18 Å². The Labute approximate surface area is 125 Å². The largest absolute Gasteiger partial charge is 0.338 e. The third-order valence-corrected chi connectivity index (χ3v) is 4.99. The van der Waals surface area contributed by atoms with Crippen LogP contribution < -0.4 is 0 Å². The molecule has 0 aromatic heterocycles. The summed E-state index contributed by atoms with van der Waals surface area (Å²) in [6.45, 7) is 6.54. The van der Waals surface area contributed by atoms with Crippen molar-refractivity contribution in [3.63, 3.8) is 0 Å². The number of nitrogens with zero attached hydrogens (tertiary/aromatic N) is 2. The van der Waals surface area contributed by atoms with Gasteiger partial charge in [0, 0.05) is 19.6 Å². The monoisotopic (exact) mass is 290 g/mol. The molecule has 114 valence electrons. The molecule has 0 bridgehead atoms. The SMILES string of the molecule is CCN1CCC2(CCCN(Cc3ccc(F)cc3)C2=O)C1. The van der Waals surface area contributed by atoms with Crippen LogP contribution in [0.2, 0.25) is 0 Å². The standard InChI is InChI=1S/C17H23FN2O/c1-2-19-11-9-17(13-19)8-3-10-20(16(17)21)12-14-4-6-15(18)7-5-14/h4-7H,2-3,8-13H2,1H3. The molecule has 2 heterocycles. The van der Waals surface area contributed by atoms with Crippen molar-refractivity contribution in [3.8, 4) is 0 Å². The van der Waals surface area contributed by atoms with Gasteiger partial charge in [0.2, 0.25) is 5.91 Å². The highest BCUT2D eigenvalue weighted by Gasteiger charge is 2.47. The zero-order valence-electron chi connectivity index (χ0n) is 12.6. The predicted molar refractivity (Wildman–Crippen MR) is 80.2 cm³/mol. The molecule has 0 N–H and O–H groups in total. The van der Waals surface area contributed by atoms with Crippen LogP contribution in [0.4, 0.5) is 4.39 Å². The normalized spacial score (nSPS) is 26.8. The number of likely N-dealkylation sites (tertiary alicyclic amines) is 2. The zero-order chi connectivity index (χ0) is 14.9. The minimum absolute atomic E-state index is 0.158. The molecule has 0 aliphatic carbocycles. The van der Waals surface area contributed by atoms with Gasteiger partial charge in [-0.25, -0.2) is 4.39 Å². The number of carbonyl (C=O) groups excluding carboxylic acids is 1. The van der Waals surface area contributed by atoms with Gasteiger partial charge >= 0.3 is 0 Å². The maximum Gasteiger partial charge on any atom is 0.230 e. The fraction of sp³-hybridized carbons (Fsp3) is 0.588. The van der Waals surface area contributed by atoms with E-state index in [1.54, 1.807) is 12.1 Å². The van der Waals surface area contributed by atoms with E-state index in [-0.39, 0.29) is 11.2 Å². The molecule has 1 amide bonds. The average Bonchev–Trinajstić information content (AvgIpc) is 2.91. The Morgan fingerprint density at radius 1 is 1.19 bits per heavy atom. The van der Waals surface area contributed by atoms with Gasteiger partial charge in [-0.15, -0.1) is 0 Å². The topological polar surface area (TPSA) is 23.6 Å². The van der Waals surface area contributed by atoms with Crippen LogP contribution in [0, 0.1) is 11.2 Å². The number of carbonyl (C=O) groups is 1. The predicted octanol–water partition coefficient (Wildman–Crippen LogP) is 2.66. The summed E-state index contributed by atoms with van der Waals surface area (Å²) in [5.41, 5.74) is 0.848. The number of halogens is 1. The molecular weight excluding hydrogens is 267 g/mol. The number of benzene rings is 1. The molecule has 4 heteroatoms. The van der Waals surface area contributed by atoms with E-state index < -0.39 is 0 Å². The van der Waals surface area contributed by atoms with Gasteiger partial charge in [-0.2, -0.15) is 0 Å². The van der Waals surface area contributed by atoms with Crippen LogP contribution in [-0.2, 0) is 11.3 Å². The molecule has 3 rings (SSSR count). The van der Waals surface area contributed by atoms with Crippen molar-refractivity contribution in [2.24, 2.45) is 5.41 Å². The number of hydrogen-bond donors (Lipinski definition) is 0. The molecule has 1 unspecified atom stereocenters. The molecule has 0 radical (unpaired) electrons. The van der Waals surface area contributed by atoms with E-state index >= 15 is 0 Å².